The van der Waals surface area contributed by atoms with Gasteiger partial charge in [-0.15, -0.1) is 10.3 Å². The Morgan fingerprint density at radius 3 is 1.78 bits per heavy atom. The van der Waals surface area contributed by atoms with Crippen LogP contribution in [0, 0.1) is 0 Å². The summed E-state index contributed by atoms with van der Waals surface area (Å²) >= 11 is 0. The minimum atomic E-state index is -7.38. The number of carbonyl (C=O) groups is 1. The summed E-state index contributed by atoms with van der Waals surface area (Å²) in [6.07, 6.45) is -7.17. The van der Waals surface area contributed by atoms with Gasteiger partial charge >= 0.3 is 33.4 Å². The normalized spacial score (nSPS) is 21.0. The smallest absolute Gasteiger partial charge is 0.380 e. The molecular weight excluding hydrogens is 447 g/mol. The highest BCUT2D eigenvalue weighted by Gasteiger charge is 2.86. The molecule has 5 nitrogen and oxygen atoms in total. The predicted molar refractivity (Wildman–Crippen MR) is 74.6 cm³/mol. The SMILES string of the molecule is CC(=O)CS1(OS(=O)(=O)C(F)(F)C(F)(F)C(F)(F)C(F)(F)F)CCOCC1. The minimum absolute atomic E-state index is 0.321. The molecule has 16 heteroatoms. The Kier molecular flexibility index (Phi) is 6.53. The van der Waals surface area contributed by atoms with Crippen LogP contribution in [-0.2, 0) is 23.3 Å². The Hall–Kier alpha value is -0.740. The number of ketones is 1. The number of carbonyl (C=O) groups excluding carboxylic acids is 1. The molecule has 0 aromatic carbocycles. The molecule has 1 saturated heterocycles. The lowest BCUT2D eigenvalue weighted by Gasteiger charge is -2.42. The van der Waals surface area contributed by atoms with Crippen LogP contribution in [0.15, 0.2) is 0 Å². The van der Waals surface area contributed by atoms with Gasteiger partial charge in [0.05, 0.1) is 19.0 Å². The van der Waals surface area contributed by atoms with Gasteiger partial charge < -0.3 is 4.74 Å². The van der Waals surface area contributed by atoms with E-state index in [1.165, 1.54) is 0 Å². The second kappa shape index (κ2) is 7.26. The zero-order chi connectivity index (χ0) is 21.5. The van der Waals surface area contributed by atoms with Crippen LogP contribution in [0.25, 0.3) is 0 Å². The van der Waals surface area contributed by atoms with Crippen LogP contribution in [0.5, 0.6) is 0 Å². The van der Waals surface area contributed by atoms with Crippen molar-refractivity contribution >= 4 is 26.2 Å². The zero-order valence-electron chi connectivity index (χ0n) is 13.3. The van der Waals surface area contributed by atoms with Gasteiger partial charge in [-0.05, 0) is 6.92 Å². The maximum absolute atomic E-state index is 13.7. The van der Waals surface area contributed by atoms with E-state index in [0.29, 0.717) is 0 Å². The largest absolute Gasteiger partial charge is 0.460 e. The molecule has 0 saturated carbocycles. The molecule has 0 aromatic rings. The van der Waals surface area contributed by atoms with E-state index < -0.39 is 66.7 Å². The molecule has 0 unspecified atom stereocenters. The molecule has 1 rings (SSSR count). The van der Waals surface area contributed by atoms with Gasteiger partial charge in [0.1, 0.15) is 5.78 Å². The fourth-order valence-corrected chi connectivity index (χ4v) is 7.10. The summed E-state index contributed by atoms with van der Waals surface area (Å²) < 4.78 is 148. The Labute approximate surface area is 148 Å². The molecule has 0 spiro atoms. The number of rotatable bonds is 7. The molecule has 0 bridgehead atoms. The van der Waals surface area contributed by atoms with Crippen molar-refractivity contribution in [1.82, 2.24) is 0 Å². The second-order valence-corrected chi connectivity index (χ2v) is 10.5. The molecule has 0 atom stereocenters. The highest BCUT2D eigenvalue weighted by Crippen LogP contribution is 2.59. The summed E-state index contributed by atoms with van der Waals surface area (Å²) in [6, 6.07) is 0. The van der Waals surface area contributed by atoms with Crippen molar-refractivity contribution in [3.8, 4) is 0 Å². The monoisotopic (exact) mass is 460 g/mol. The van der Waals surface area contributed by atoms with Crippen molar-refractivity contribution in [3.05, 3.63) is 0 Å². The molecule has 0 radical (unpaired) electrons. The molecule has 0 aromatic heterocycles. The van der Waals surface area contributed by atoms with Gasteiger partial charge in [0.25, 0.3) is 0 Å². The van der Waals surface area contributed by atoms with Crippen LogP contribution >= 0.6 is 10.3 Å². The van der Waals surface area contributed by atoms with Gasteiger partial charge in [0.15, 0.2) is 0 Å². The number of hydrogen-bond acceptors (Lipinski definition) is 5. The number of Topliss-reactive ketones (excluding diaryl/α,β-unsaturated/α-hetero) is 1. The van der Waals surface area contributed by atoms with Crippen LogP contribution in [-0.4, -0.2) is 67.9 Å². The number of hydrogen-bond donors (Lipinski definition) is 0. The van der Waals surface area contributed by atoms with Crippen LogP contribution in [0.2, 0.25) is 0 Å². The van der Waals surface area contributed by atoms with Crippen molar-refractivity contribution in [2.24, 2.45) is 0 Å². The first-order valence-electron chi connectivity index (χ1n) is 6.82. The van der Waals surface area contributed by atoms with Crippen LogP contribution < -0.4 is 0 Å². The molecule has 0 amide bonds. The summed E-state index contributed by atoms with van der Waals surface area (Å²) in [4.78, 5) is 11.2. The predicted octanol–water partition coefficient (Wildman–Crippen LogP) is 3.10. The summed E-state index contributed by atoms with van der Waals surface area (Å²) in [5, 5.41) is -6.94. The highest BCUT2D eigenvalue weighted by atomic mass is 32.3. The lowest BCUT2D eigenvalue weighted by Crippen LogP contribution is -2.63. The molecule has 1 fully saturated rings. The van der Waals surface area contributed by atoms with E-state index in [4.69, 9.17) is 4.74 Å². The van der Waals surface area contributed by atoms with Crippen molar-refractivity contribution in [2.45, 2.75) is 30.2 Å². The third-order valence-corrected chi connectivity index (χ3v) is 8.84. The highest BCUT2D eigenvalue weighted by molar-refractivity contribution is 8.33. The van der Waals surface area contributed by atoms with E-state index in [-0.39, 0.29) is 13.2 Å². The lowest BCUT2D eigenvalue weighted by atomic mass is 10.1. The van der Waals surface area contributed by atoms with Crippen molar-refractivity contribution < 1.29 is 61.1 Å². The van der Waals surface area contributed by atoms with Crippen LogP contribution in [0.3, 0.4) is 0 Å². The van der Waals surface area contributed by atoms with E-state index in [9.17, 15) is 52.7 Å². The summed E-state index contributed by atoms with van der Waals surface area (Å²) in [5.74, 6) is -17.4. The third-order valence-electron chi connectivity index (χ3n) is 3.33. The van der Waals surface area contributed by atoms with E-state index >= 15 is 0 Å². The van der Waals surface area contributed by atoms with Gasteiger partial charge in [-0.25, -0.2) is 3.63 Å². The van der Waals surface area contributed by atoms with Gasteiger partial charge in [-0.1, -0.05) is 0 Å². The standard InChI is InChI=1S/C11H13F9O5S2/c1-7(21)6-26(4-2-24-3-5-26)25-27(22,23)11(19,20)9(14,15)8(12,13)10(16,17)18/h2-6H2,1H3. The van der Waals surface area contributed by atoms with Gasteiger partial charge in [0, 0.05) is 11.5 Å². The first kappa shape index (κ1) is 24.3. The number of alkyl halides is 9. The molecule has 162 valence electrons. The Balaban J connectivity index is 3.36. The molecule has 27 heavy (non-hydrogen) atoms. The number of halogens is 9. The second-order valence-electron chi connectivity index (χ2n) is 5.52. The number of ether oxygens (including phenoxy) is 1. The fourth-order valence-electron chi connectivity index (χ4n) is 1.98. The average Bonchev–Trinajstić information content (AvgIpc) is 2.44. The molecule has 1 aliphatic rings. The van der Waals surface area contributed by atoms with Gasteiger partial charge in [-0.2, -0.15) is 47.9 Å². The first-order chi connectivity index (χ1) is 11.8. The molecule has 1 heterocycles. The molecule has 1 aliphatic heterocycles. The molecule has 0 N–H and O–H groups in total. The third kappa shape index (κ3) is 4.32. The topological polar surface area (TPSA) is 69.7 Å². The summed E-state index contributed by atoms with van der Waals surface area (Å²) in [5.41, 5.74) is 0. The molecule has 0 aliphatic carbocycles. The fraction of sp³-hybridized carbons (Fsp3) is 0.909. The Bertz CT molecular complexity index is 668. The van der Waals surface area contributed by atoms with Crippen molar-refractivity contribution in [1.29, 1.82) is 0 Å². The van der Waals surface area contributed by atoms with Gasteiger partial charge in [-0.3, -0.25) is 4.79 Å². The van der Waals surface area contributed by atoms with Crippen molar-refractivity contribution in [3.63, 3.8) is 0 Å². The van der Waals surface area contributed by atoms with Crippen LogP contribution in [0.4, 0.5) is 39.5 Å². The maximum atomic E-state index is 13.7. The first-order valence-corrected chi connectivity index (χ1v) is 10.3. The zero-order valence-corrected chi connectivity index (χ0v) is 14.9. The maximum Gasteiger partial charge on any atom is 0.460 e. The van der Waals surface area contributed by atoms with E-state index in [0.717, 1.165) is 6.92 Å². The summed E-state index contributed by atoms with van der Waals surface area (Å²) in [6.45, 7) is 0.252. The van der Waals surface area contributed by atoms with Crippen LogP contribution in [0.1, 0.15) is 6.92 Å². The van der Waals surface area contributed by atoms with Crippen molar-refractivity contribution in [2.75, 3.05) is 30.5 Å². The van der Waals surface area contributed by atoms with E-state index in [1.807, 2.05) is 0 Å². The minimum Gasteiger partial charge on any atom is -0.380 e. The molecular formula is C11H13F9O5S2. The van der Waals surface area contributed by atoms with E-state index in [2.05, 4.69) is 3.63 Å². The van der Waals surface area contributed by atoms with Gasteiger partial charge in [0.2, 0.25) is 0 Å². The lowest BCUT2D eigenvalue weighted by molar-refractivity contribution is -0.382. The Morgan fingerprint density at radius 2 is 1.41 bits per heavy atom. The van der Waals surface area contributed by atoms with E-state index in [1.54, 1.807) is 0 Å². The quantitative estimate of drug-likeness (QED) is 0.547. The summed E-state index contributed by atoms with van der Waals surface area (Å²) in [7, 11) is -10.4. The Morgan fingerprint density at radius 1 is 0.963 bits per heavy atom. The average molecular weight is 460 g/mol.